The first-order valence-electron chi connectivity index (χ1n) is 23.7. The molecule has 2 heteroatoms. The van der Waals surface area contributed by atoms with E-state index in [-0.39, 0.29) is 5.41 Å². The van der Waals surface area contributed by atoms with Crippen molar-refractivity contribution < 1.29 is 0 Å². The van der Waals surface area contributed by atoms with Gasteiger partial charge >= 0.3 is 0 Å². The second-order valence-corrected chi connectivity index (χ2v) is 19.1. The van der Waals surface area contributed by atoms with Crippen molar-refractivity contribution in [1.82, 2.24) is 9.55 Å². The Morgan fingerprint density at radius 3 is 1.60 bits per heavy atom. The maximum absolute atomic E-state index is 5.30. The van der Waals surface area contributed by atoms with Gasteiger partial charge in [-0.3, -0.25) is 0 Å². The molecule has 0 aliphatic heterocycles. The zero-order valence-electron chi connectivity index (χ0n) is 37.8. The van der Waals surface area contributed by atoms with E-state index in [0.29, 0.717) is 0 Å². The summed E-state index contributed by atoms with van der Waals surface area (Å²) in [6.45, 7) is 4.70. The maximum Gasteiger partial charge on any atom is 0.0730 e. The van der Waals surface area contributed by atoms with Crippen LogP contribution in [0.4, 0.5) is 0 Å². The van der Waals surface area contributed by atoms with Crippen molar-refractivity contribution >= 4 is 64.9 Å². The van der Waals surface area contributed by atoms with Gasteiger partial charge in [0.2, 0.25) is 0 Å². The van der Waals surface area contributed by atoms with Gasteiger partial charge < -0.3 is 4.57 Å². The molecule has 68 heavy (non-hydrogen) atoms. The van der Waals surface area contributed by atoms with Crippen LogP contribution in [0.5, 0.6) is 0 Å². The van der Waals surface area contributed by atoms with E-state index in [1.54, 1.807) is 0 Å². The Bertz CT molecular complexity index is 4150. The molecule has 14 rings (SSSR count). The highest BCUT2D eigenvalue weighted by molar-refractivity contribution is 6.29. The first-order valence-corrected chi connectivity index (χ1v) is 23.7. The van der Waals surface area contributed by atoms with E-state index < -0.39 is 0 Å². The molecule has 2 nitrogen and oxygen atoms in total. The van der Waals surface area contributed by atoms with Crippen molar-refractivity contribution in [3.63, 3.8) is 0 Å². The lowest BCUT2D eigenvalue weighted by molar-refractivity contribution is 0.660. The molecule has 0 fully saturated rings. The minimum atomic E-state index is -0.0289. The number of nitrogens with zero attached hydrogens (tertiary/aromatic N) is 2. The molecule has 0 bridgehead atoms. The van der Waals surface area contributed by atoms with Crippen molar-refractivity contribution in [2.24, 2.45) is 0 Å². The molecular weight excluding hydrogens is 821 g/mol. The molecule has 0 spiro atoms. The number of benzene rings is 11. The van der Waals surface area contributed by atoms with Gasteiger partial charge in [-0.25, -0.2) is 4.98 Å². The van der Waals surface area contributed by atoms with Crippen molar-refractivity contribution in [3.05, 3.63) is 242 Å². The van der Waals surface area contributed by atoms with Crippen LogP contribution in [-0.2, 0) is 5.41 Å². The summed E-state index contributed by atoms with van der Waals surface area (Å²) in [7, 11) is 0. The van der Waals surface area contributed by atoms with E-state index in [1.807, 2.05) is 0 Å². The zero-order chi connectivity index (χ0) is 45.1. The van der Waals surface area contributed by atoms with Crippen LogP contribution in [0.3, 0.4) is 0 Å². The first-order chi connectivity index (χ1) is 33.5. The van der Waals surface area contributed by atoms with E-state index in [2.05, 4.69) is 249 Å². The van der Waals surface area contributed by atoms with Gasteiger partial charge in [-0.2, -0.15) is 0 Å². The molecule has 0 unspecified atom stereocenters. The minimum Gasteiger partial charge on any atom is -0.309 e. The fraction of sp³-hybridized carbons (Fsp3) is 0.0455. The fourth-order valence-electron chi connectivity index (χ4n) is 11.6. The summed E-state index contributed by atoms with van der Waals surface area (Å²) in [5, 5.41) is 12.4. The fourth-order valence-corrected chi connectivity index (χ4v) is 11.6. The highest BCUT2D eigenvalue weighted by atomic mass is 15.0. The first kappa shape index (κ1) is 38.7. The Labute approximate surface area is 395 Å². The van der Waals surface area contributed by atoms with Gasteiger partial charge in [0.1, 0.15) is 0 Å². The van der Waals surface area contributed by atoms with E-state index in [0.717, 1.165) is 39.2 Å². The van der Waals surface area contributed by atoms with Crippen LogP contribution >= 0.6 is 0 Å². The van der Waals surface area contributed by atoms with Gasteiger partial charge in [-0.15, -0.1) is 0 Å². The lowest BCUT2D eigenvalue weighted by Crippen LogP contribution is -2.14. The number of rotatable bonds is 5. The van der Waals surface area contributed by atoms with Crippen LogP contribution < -0.4 is 0 Å². The van der Waals surface area contributed by atoms with Gasteiger partial charge in [0.25, 0.3) is 0 Å². The SMILES string of the molecule is CC1(C)c2ccccc2-c2cc(-c3ccc4c(c3)c3ccccc3c3cc5c(cc43)c3cc(-c4cccc6ccccc46)ccc3n5-c3cc(-c4ccccc4)nc(-c4ccccc4)c3)ccc21. The van der Waals surface area contributed by atoms with Crippen molar-refractivity contribution in [1.29, 1.82) is 0 Å². The predicted octanol–water partition coefficient (Wildman–Crippen LogP) is 17.8. The van der Waals surface area contributed by atoms with E-state index in [4.69, 9.17) is 4.98 Å². The Hall–Kier alpha value is -8.59. The molecule has 2 aromatic heterocycles. The predicted molar refractivity (Wildman–Crippen MR) is 288 cm³/mol. The van der Waals surface area contributed by atoms with Crippen LogP contribution in [-0.4, -0.2) is 9.55 Å². The highest BCUT2D eigenvalue weighted by Gasteiger charge is 2.35. The summed E-state index contributed by atoms with van der Waals surface area (Å²) < 4.78 is 2.48. The van der Waals surface area contributed by atoms with Gasteiger partial charge in [-0.05, 0) is 136 Å². The van der Waals surface area contributed by atoms with Gasteiger partial charge in [0.05, 0.1) is 28.1 Å². The highest BCUT2D eigenvalue weighted by Crippen LogP contribution is 2.50. The molecule has 13 aromatic rings. The smallest absolute Gasteiger partial charge is 0.0730 e. The average Bonchev–Trinajstić information content (AvgIpc) is 3.84. The van der Waals surface area contributed by atoms with Crippen LogP contribution in [0.1, 0.15) is 25.0 Å². The van der Waals surface area contributed by atoms with E-state index >= 15 is 0 Å². The quantitative estimate of drug-likeness (QED) is 0.158. The molecule has 318 valence electrons. The maximum atomic E-state index is 5.30. The molecule has 1 aliphatic carbocycles. The summed E-state index contributed by atoms with van der Waals surface area (Å²) in [5.74, 6) is 0. The lowest BCUT2D eigenvalue weighted by Gasteiger charge is -2.21. The van der Waals surface area contributed by atoms with Crippen LogP contribution in [0.15, 0.2) is 231 Å². The Morgan fingerprint density at radius 1 is 0.309 bits per heavy atom. The molecule has 1 aliphatic rings. The monoisotopic (exact) mass is 864 g/mol. The number of aromatic nitrogens is 2. The van der Waals surface area contributed by atoms with Crippen molar-refractivity contribution in [2.45, 2.75) is 19.3 Å². The number of pyridine rings is 1. The molecule has 11 aromatic carbocycles. The number of fused-ring (bicyclic) bond motifs is 13. The Kier molecular flexibility index (Phi) is 8.36. The normalized spacial score (nSPS) is 13.0. The molecule has 0 radical (unpaired) electrons. The molecule has 0 saturated heterocycles. The summed E-state index contributed by atoms with van der Waals surface area (Å²) in [4.78, 5) is 5.30. The van der Waals surface area contributed by atoms with Crippen LogP contribution in [0.2, 0.25) is 0 Å². The molecule has 0 atom stereocenters. The van der Waals surface area contributed by atoms with E-state index in [9.17, 15) is 0 Å². The summed E-state index contributed by atoms with van der Waals surface area (Å²) >= 11 is 0. The Balaban J connectivity index is 1.05. The molecule has 0 amide bonds. The molecule has 2 heterocycles. The molecule has 0 saturated carbocycles. The molecule has 0 N–H and O–H groups in total. The topological polar surface area (TPSA) is 17.8 Å². The van der Waals surface area contributed by atoms with Gasteiger partial charge in [0, 0.05) is 27.3 Å². The lowest BCUT2D eigenvalue weighted by atomic mass is 9.82. The van der Waals surface area contributed by atoms with Crippen molar-refractivity contribution in [2.75, 3.05) is 0 Å². The summed E-state index contributed by atoms with van der Waals surface area (Å²) in [6, 6.07) is 85.2. The molecular formula is C66H44N2. The standard InChI is InChI=1S/C66H44N2/c1-66(2)60-27-14-13-25-53(60)57-35-45(29-32-61(57)66)44-28-31-52-54(34-44)50-23-11-12-24-51(50)56-40-65-59(39-55(52)56)58-36-46(49-26-15-21-41-16-9-10-22-48(41)49)30-33-64(58)68(65)47-37-62(42-17-5-3-6-18-42)67-63(38-47)43-19-7-4-8-20-43/h3-40H,1-2H3. The average molecular weight is 865 g/mol. The van der Waals surface area contributed by atoms with Gasteiger partial charge in [0.15, 0.2) is 0 Å². The third-order valence-corrected chi connectivity index (χ3v) is 14.9. The van der Waals surface area contributed by atoms with Crippen LogP contribution in [0, 0.1) is 0 Å². The summed E-state index contributed by atoms with van der Waals surface area (Å²) in [6.07, 6.45) is 0. The Morgan fingerprint density at radius 2 is 0.838 bits per heavy atom. The second kappa shape index (κ2) is 14.7. The zero-order valence-corrected chi connectivity index (χ0v) is 37.8. The van der Waals surface area contributed by atoms with Gasteiger partial charge in [-0.1, -0.05) is 196 Å². The minimum absolute atomic E-state index is 0.0289. The third-order valence-electron chi connectivity index (χ3n) is 14.9. The van der Waals surface area contributed by atoms with Crippen molar-refractivity contribution in [3.8, 4) is 61.6 Å². The number of hydrogen-bond donors (Lipinski definition) is 0. The third kappa shape index (κ3) is 5.80. The van der Waals surface area contributed by atoms with E-state index in [1.165, 1.54) is 98.4 Å². The summed E-state index contributed by atoms with van der Waals surface area (Å²) in [5.41, 5.74) is 17.8. The second-order valence-electron chi connectivity index (χ2n) is 19.1. The number of hydrogen-bond acceptors (Lipinski definition) is 1. The van der Waals surface area contributed by atoms with Crippen LogP contribution in [0.25, 0.3) is 126 Å². The largest absolute Gasteiger partial charge is 0.309 e.